The Hall–Kier alpha value is -1.32. The predicted molar refractivity (Wildman–Crippen MR) is 70.7 cm³/mol. The van der Waals surface area contributed by atoms with Crippen LogP contribution in [-0.4, -0.2) is 42.8 Å². The average Bonchev–Trinajstić information content (AvgIpc) is 2.47. The second-order valence-electron chi connectivity index (χ2n) is 5.32. The molecule has 0 amide bonds. The Bertz CT molecular complexity index is 505. The molecular weight excluding hydrogens is 326 g/mol. The highest BCUT2D eigenvalue weighted by Crippen LogP contribution is 2.38. The molecule has 130 valence electrons. The number of rotatable bonds is 3. The van der Waals surface area contributed by atoms with Crippen LogP contribution in [0.2, 0.25) is 0 Å². The number of alkyl halides is 6. The van der Waals surface area contributed by atoms with Crippen LogP contribution in [0.4, 0.5) is 26.3 Å². The van der Waals surface area contributed by atoms with Crippen LogP contribution in [0.25, 0.3) is 0 Å². The topological polar surface area (TPSA) is 35.5 Å². The predicted octanol–water partition coefficient (Wildman–Crippen LogP) is 2.66. The molecule has 2 rings (SSSR count). The van der Waals surface area contributed by atoms with Crippen LogP contribution >= 0.6 is 0 Å². The molecule has 1 fully saturated rings. The molecule has 2 N–H and O–H groups in total. The van der Waals surface area contributed by atoms with E-state index in [9.17, 15) is 31.4 Å². The lowest BCUT2D eigenvalue weighted by atomic mass is 9.98. The van der Waals surface area contributed by atoms with Crippen LogP contribution in [0.15, 0.2) is 18.2 Å². The zero-order valence-electron chi connectivity index (χ0n) is 12.0. The molecule has 3 nitrogen and oxygen atoms in total. The highest BCUT2D eigenvalue weighted by Gasteiger charge is 2.38. The fourth-order valence-corrected chi connectivity index (χ4v) is 2.60. The minimum absolute atomic E-state index is 0.0929. The number of aliphatic hydroxyl groups is 1. The van der Waals surface area contributed by atoms with E-state index in [-0.39, 0.29) is 11.6 Å². The van der Waals surface area contributed by atoms with Crippen molar-refractivity contribution in [3.63, 3.8) is 0 Å². The van der Waals surface area contributed by atoms with Gasteiger partial charge in [-0.2, -0.15) is 26.3 Å². The number of piperazine rings is 1. The van der Waals surface area contributed by atoms with Gasteiger partial charge in [0.15, 0.2) is 0 Å². The Kier molecular flexibility index (Phi) is 5.22. The van der Waals surface area contributed by atoms with Crippen LogP contribution in [0.1, 0.15) is 22.7 Å². The van der Waals surface area contributed by atoms with Crippen molar-refractivity contribution in [1.82, 2.24) is 10.2 Å². The second-order valence-corrected chi connectivity index (χ2v) is 5.32. The van der Waals surface area contributed by atoms with E-state index in [1.807, 2.05) is 0 Å². The SMILES string of the molecule is OC[C@H](c1cc(C(F)(F)F)cc(C(F)(F)F)c1)N1CCNCC1. The van der Waals surface area contributed by atoms with Gasteiger partial charge >= 0.3 is 12.4 Å². The minimum atomic E-state index is -4.89. The van der Waals surface area contributed by atoms with Crippen molar-refractivity contribution in [3.05, 3.63) is 34.9 Å². The summed E-state index contributed by atoms with van der Waals surface area (Å²) in [4.78, 5) is 1.67. The maximum absolute atomic E-state index is 12.9. The summed E-state index contributed by atoms with van der Waals surface area (Å²) < 4.78 is 77.4. The highest BCUT2D eigenvalue weighted by molar-refractivity contribution is 5.35. The van der Waals surface area contributed by atoms with Gasteiger partial charge in [-0.05, 0) is 23.8 Å². The van der Waals surface area contributed by atoms with Crippen LogP contribution in [0, 0.1) is 0 Å². The lowest BCUT2D eigenvalue weighted by Crippen LogP contribution is -2.46. The van der Waals surface area contributed by atoms with Gasteiger partial charge in [0, 0.05) is 26.2 Å². The monoisotopic (exact) mass is 342 g/mol. The van der Waals surface area contributed by atoms with E-state index in [1.54, 1.807) is 4.90 Å². The van der Waals surface area contributed by atoms with Gasteiger partial charge in [-0.1, -0.05) is 0 Å². The molecule has 0 radical (unpaired) electrons. The Balaban J connectivity index is 2.46. The third-order valence-corrected chi connectivity index (χ3v) is 3.76. The maximum atomic E-state index is 12.9. The van der Waals surface area contributed by atoms with Gasteiger partial charge in [-0.15, -0.1) is 0 Å². The number of hydrogen-bond acceptors (Lipinski definition) is 3. The van der Waals surface area contributed by atoms with Crippen molar-refractivity contribution < 1.29 is 31.4 Å². The van der Waals surface area contributed by atoms with Crippen molar-refractivity contribution >= 4 is 0 Å². The summed E-state index contributed by atoms with van der Waals surface area (Å²) in [6.45, 7) is 1.42. The zero-order valence-corrected chi connectivity index (χ0v) is 12.0. The van der Waals surface area contributed by atoms with Gasteiger partial charge in [0.05, 0.1) is 23.8 Å². The standard InChI is InChI=1S/C14H16F6N2O/c15-13(16,17)10-5-9(6-11(7-10)14(18,19)20)12(8-23)22-3-1-21-2-4-22/h5-7,12,21,23H,1-4,8H2/t12-/m1/s1. The first kappa shape index (κ1) is 18.0. The summed E-state index contributed by atoms with van der Waals surface area (Å²) in [5, 5.41) is 12.5. The van der Waals surface area contributed by atoms with E-state index < -0.39 is 36.1 Å². The maximum Gasteiger partial charge on any atom is 0.416 e. The minimum Gasteiger partial charge on any atom is -0.394 e. The summed E-state index contributed by atoms with van der Waals surface area (Å²) in [7, 11) is 0. The molecule has 1 aliphatic rings. The summed E-state index contributed by atoms with van der Waals surface area (Å²) in [5.74, 6) is 0. The van der Waals surface area contributed by atoms with Crippen molar-refractivity contribution in [2.24, 2.45) is 0 Å². The smallest absolute Gasteiger partial charge is 0.394 e. The molecular formula is C14H16F6N2O. The van der Waals surface area contributed by atoms with E-state index in [2.05, 4.69) is 5.32 Å². The van der Waals surface area contributed by atoms with Gasteiger partial charge in [0.25, 0.3) is 0 Å². The van der Waals surface area contributed by atoms with Gasteiger partial charge in [-0.3, -0.25) is 4.90 Å². The summed E-state index contributed by atoms with van der Waals surface area (Å²) in [6.07, 6.45) is -9.78. The number of nitrogens with one attached hydrogen (secondary N) is 1. The Morgan fingerprint density at radius 1 is 0.957 bits per heavy atom. The molecule has 0 saturated carbocycles. The van der Waals surface area contributed by atoms with Crippen molar-refractivity contribution in [3.8, 4) is 0 Å². The fraction of sp³-hybridized carbons (Fsp3) is 0.571. The first-order valence-electron chi connectivity index (χ1n) is 6.98. The molecule has 1 aromatic rings. The lowest BCUT2D eigenvalue weighted by Gasteiger charge is -2.34. The number of nitrogens with zero attached hydrogens (tertiary/aromatic N) is 1. The van der Waals surface area contributed by atoms with E-state index >= 15 is 0 Å². The summed E-state index contributed by atoms with van der Waals surface area (Å²) in [5.41, 5.74) is -2.91. The van der Waals surface area contributed by atoms with Crippen molar-refractivity contribution in [1.29, 1.82) is 0 Å². The third-order valence-electron chi connectivity index (χ3n) is 3.76. The van der Waals surface area contributed by atoms with Crippen LogP contribution in [-0.2, 0) is 12.4 Å². The number of hydrogen-bond donors (Lipinski definition) is 2. The van der Waals surface area contributed by atoms with E-state index in [0.717, 1.165) is 0 Å². The van der Waals surface area contributed by atoms with E-state index in [4.69, 9.17) is 0 Å². The third kappa shape index (κ3) is 4.36. The molecule has 1 aromatic carbocycles. The molecule has 9 heteroatoms. The molecule has 0 aromatic heterocycles. The Morgan fingerprint density at radius 3 is 1.83 bits per heavy atom. The first-order valence-corrected chi connectivity index (χ1v) is 6.98. The van der Waals surface area contributed by atoms with Gasteiger partial charge in [0.2, 0.25) is 0 Å². The second kappa shape index (κ2) is 6.66. The summed E-state index contributed by atoms with van der Waals surface area (Å²) >= 11 is 0. The van der Waals surface area contributed by atoms with E-state index in [1.165, 1.54) is 0 Å². The van der Waals surface area contributed by atoms with Crippen LogP contribution in [0.3, 0.4) is 0 Å². The molecule has 1 aliphatic heterocycles. The molecule has 0 unspecified atom stereocenters. The van der Waals surface area contributed by atoms with Gasteiger partial charge in [0.1, 0.15) is 0 Å². The average molecular weight is 342 g/mol. The fourth-order valence-electron chi connectivity index (χ4n) is 2.60. The number of benzene rings is 1. The quantitative estimate of drug-likeness (QED) is 0.829. The highest BCUT2D eigenvalue weighted by atomic mass is 19.4. The lowest BCUT2D eigenvalue weighted by molar-refractivity contribution is -0.143. The zero-order chi connectivity index (χ0) is 17.3. The van der Waals surface area contributed by atoms with Crippen molar-refractivity contribution in [2.45, 2.75) is 18.4 Å². The molecule has 0 spiro atoms. The molecule has 1 saturated heterocycles. The van der Waals surface area contributed by atoms with Crippen LogP contribution in [0.5, 0.6) is 0 Å². The van der Waals surface area contributed by atoms with Gasteiger partial charge in [-0.25, -0.2) is 0 Å². The van der Waals surface area contributed by atoms with Crippen LogP contribution < -0.4 is 5.32 Å². The largest absolute Gasteiger partial charge is 0.416 e. The van der Waals surface area contributed by atoms with E-state index in [0.29, 0.717) is 38.3 Å². The molecule has 0 aliphatic carbocycles. The first-order chi connectivity index (χ1) is 10.6. The Labute approximate surface area is 128 Å². The molecule has 1 heterocycles. The molecule has 23 heavy (non-hydrogen) atoms. The van der Waals surface area contributed by atoms with Crippen molar-refractivity contribution in [2.75, 3.05) is 32.8 Å². The Morgan fingerprint density at radius 2 is 1.43 bits per heavy atom. The van der Waals surface area contributed by atoms with Gasteiger partial charge < -0.3 is 10.4 Å². The molecule has 0 bridgehead atoms. The normalized spacial score (nSPS) is 18.9. The molecule has 1 atom stereocenters. The number of aliphatic hydroxyl groups excluding tert-OH is 1. The number of halogens is 6. The summed E-state index contributed by atoms with van der Waals surface area (Å²) in [6, 6.07) is 0.548.